The van der Waals surface area contributed by atoms with Crippen LogP contribution in [0.25, 0.3) is 11.1 Å². The summed E-state index contributed by atoms with van der Waals surface area (Å²) < 4.78 is 5.14. The molecule has 0 radical (unpaired) electrons. The third kappa shape index (κ3) is 2.99. The minimum absolute atomic E-state index is 0.0888. The normalized spacial score (nSPS) is 18.4. The maximum atomic E-state index is 13.0. The molecule has 1 aromatic heterocycles. The molecule has 1 atom stereocenters. The molecule has 7 nitrogen and oxygen atoms in total. The zero-order chi connectivity index (χ0) is 17.9. The van der Waals surface area contributed by atoms with Crippen molar-refractivity contribution in [1.29, 1.82) is 0 Å². The Kier molecular flexibility index (Phi) is 4.27. The quantitative estimate of drug-likeness (QED) is 0.732. The number of H-pyrrole nitrogens is 1. The average molecular weight is 350 g/mol. The van der Waals surface area contributed by atoms with Crippen LogP contribution in [-0.4, -0.2) is 40.5 Å². The second-order valence-corrected chi connectivity index (χ2v) is 6.08. The minimum Gasteiger partial charge on any atom is -0.399 e. The van der Waals surface area contributed by atoms with E-state index in [1.165, 1.54) is 7.11 Å². The predicted molar refractivity (Wildman–Crippen MR) is 95.6 cm³/mol. The Morgan fingerprint density at radius 3 is 2.50 bits per heavy atom. The molecule has 1 amide bonds. The zero-order valence-electron chi connectivity index (χ0n) is 14.3. The van der Waals surface area contributed by atoms with Gasteiger partial charge in [0.05, 0.1) is 12.3 Å². The van der Waals surface area contributed by atoms with Crippen LogP contribution in [0.1, 0.15) is 28.7 Å². The van der Waals surface area contributed by atoms with E-state index in [9.17, 15) is 4.79 Å². The summed E-state index contributed by atoms with van der Waals surface area (Å²) in [6.07, 6.45) is 0.544. The number of nitrogens with one attached hydrogen (secondary N) is 1. The molecular weight excluding hydrogens is 332 g/mol. The topological polar surface area (TPSA) is 83.7 Å². The van der Waals surface area contributed by atoms with Gasteiger partial charge in [-0.05, 0) is 23.3 Å². The van der Waals surface area contributed by atoms with E-state index >= 15 is 0 Å². The number of benzene rings is 2. The predicted octanol–water partition coefficient (Wildman–Crippen LogP) is 3.26. The lowest BCUT2D eigenvalue weighted by molar-refractivity contribution is 0.0675. The molecule has 1 aliphatic heterocycles. The first-order valence-electron chi connectivity index (χ1n) is 8.31. The van der Waals surface area contributed by atoms with Crippen molar-refractivity contribution in [3.05, 3.63) is 66.1 Å². The van der Waals surface area contributed by atoms with Crippen LogP contribution in [0.3, 0.4) is 0 Å². The van der Waals surface area contributed by atoms with Gasteiger partial charge in [-0.15, -0.1) is 10.4 Å². The average Bonchev–Trinajstić information content (AvgIpc) is 3.04. The molecule has 1 fully saturated rings. The van der Waals surface area contributed by atoms with Crippen LogP contribution in [0.5, 0.6) is 0 Å². The van der Waals surface area contributed by atoms with E-state index in [0.29, 0.717) is 24.4 Å². The summed E-state index contributed by atoms with van der Waals surface area (Å²) >= 11 is 0. The first-order valence-corrected chi connectivity index (χ1v) is 8.31. The van der Waals surface area contributed by atoms with Gasteiger partial charge in [0, 0.05) is 12.0 Å². The molecule has 2 heterocycles. The van der Waals surface area contributed by atoms with Crippen molar-refractivity contribution in [2.75, 3.05) is 13.7 Å². The summed E-state index contributed by atoms with van der Waals surface area (Å²) in [6, 6.07) is 17.4. The van der Waals surface area contributed by atoms with Crippen molar-refractivity contribution < 1.29 is 14.2 Å². The molecule has 26 heavy (non-hydrogen) atoms. The van der Waals surface area contributed by atoms with Gasteiger partial charge in [0.2, 0.25) is 0 Å². The van der Waals surface area contributed by atoms with Crippen molar-refractivity contribution in [3.8, 4) is 11.1 Å². The SMILES string of the molecule is CON=C1C[C@@H](c2n[nH]o2)N(C(=O)c2ccc(-c3ccccc3)cc2)C1. The van der Waals surface area contributed by atoms with E-state index in [1.807, 2.05) is 54.6 Å². The third-order valence-corrected chi connectivity index (χ3v) is 4.47. The van der Waals surface area contributed by atoms with Crippen LogP contribution in [-0.2, 0) is 4.84 Å². The minimum atomic E-state index is -0.272. The first-order chi connectivity index (χ1) is 12.8. The number of oxime groups is 1. The maximum absolute atomic E-state index is 13.0. The molecule has 0 spiro atoms. The number of rotatable bonds is 4. The summed E-state index contributed by atoms with van der Waals surface area (Å²) in [5.74, 6) is 0.398. The molecule has 1 aliphatic rings. The fourth-order valence-electron chi connectivity index (χ4n) is 3.18. The van der Waals surface area contributed by atoms with E-state index in [0.717, 1.165) is 16.8 Å². The number of hydrogen-bond donors (Lipinski definition) is 1. The standard InChI is InChI=1S/C19H18N4O3/c1-25-21-16-11-17(18-20-22-26-18)23(12-16)19(24)15-9-7-14(8-10-15)13-5-3-2-4-6-13/h2-10,17,22H,11-12H2,1H3/t17-/m0/s1. The van der Waals surface area contributed by atoms with Crippen molar-refractivity contribution in [3.63, 3.8) is 0 Å². The van der Waals surface area contributed by atoms with Gasteiger partial charge in [-0.3, -0.25) is 4.79 Å². The summed E-state index contributed by atoms with van der Waals surface area (Å²) in [5.41, 5.74) is 3.58. The van der Waals surface area contributed by atoms with Gasteiger partial charge >= 0.3 is 0 Å². The molecule has 0 unspecified atom stereocenters. The van der Waals surface area contributed by atoms with Crippen molar-refractivity contribution in [2.45, 2.75) is 12.5 Å². The molecule has 7 heteroatoms. The van der Waals surface area contributed by atoms with Gasteiger partial charge in [-0.2, -0.15) is 0 Å². The highest BCUT2D eigenvalue weighted by Crippen LogP contribution is 2.31. The van der Waals surface area contributed by atoms with Crippen LogP contribution < -0.4 is 0 Å². The Bertz CT molecular complexity index is 903. The van der Waals surface area contributed by atoms with Crippen molar-refractivity contribution >= 4 is 11.6 Å². The Morgan fingerprint density at radius 1 is 1.19 bits per heavy atom. The summed E-state index contributed by atoms with van der Waals surface area (Å²) in [4.78, 5) is 19.6. The molecule has 1 saturated heterocycles. The highest BCUT2D eigenvalue weighted by molar-refractivity contribution is 6.00. The summed E-state index contributed by atoms with van der Waals surface area (Å²) in [7, 11) is 1.49. The molecule has 132 valence electrons. The van der Waals surface area contributed by atoms with Crippen LogP contribution in [0.4, 0.5) is 0 Å². The number of aromatic amines is 1. The maximum Gasteiger partial charge on any atom is 0.266 e. The number of hydrogen-bond acceptors (Lipinski definition) is 5. The van der Waals surface area contributed by atoms with E-state index < -0.39 is 0 Å². The highest BCUT2D eigenvalue weighted by atomic mass is 16.6. The monoisotopic (exact) mass is 350 g/mol. The number of carbonyl (C=O) groups excluding carboxylic acids is 1. The van der Waals surface area contributed by atoms with E-state index in [2.05, 4.69) is 15.5 Å². The van der Waals surface area contributed by atoms with E-state index in [-0.39, 0.29) is 11.9 Å². The van der Waals surface area contributed by atoms with Crippen LogP contribution in [0, 0.1) is 0 Å². The van der Waals surface area contributed by atoms with Gasteiger partial charge in [-0.25, -0.2) is 0 Å². The highest BCUT2D eigenvalue weighted by Gasteiger charge is 2.38. The van der Waals surface area contributed by atoms with Crippen LogP contribution >= 0.6 is 0 Å². The smallest absolute Gasteiger partial charge is 0.266 e. The molecule has 0 bridgehead atoms. The van der Waals surface area contributed by atoms with Crippen LogP contribution in [0.2, 0.25) is 0 Å². The largest absolute Gasteiger partial charge is 0.399 e. The molecule has 0 aliphatic carbocycles. The Hall–Kier alpha value is -3.35. The summed E-state index contributed by atoms with van der Waals surface area (Å²) in [5, 5.41) is 10.4. The van der Waals surface area contributed by atoms with Gasteiger partial charge < -0.3 is 14.3 Å². The van der Waals surface area contributed by atoms with Gasteiger partial charge in [0.15, 0.2) is 0 Å². The van der Waals surface area contributed by atoms with E-state index in [1.54, 1.807) is 4.90 Å². The Balaban J connectivity index is 1.57. The van der Waals surface area contributed by atoms with E-state index in [4.69, 9.17) is 9.36 Å². The number of aromatic nitrogens is 2. The molecule has 1 N–H and O–H groups in total. The fraction of sp³-hybridized carbons (Fsp3) is 0.211. The molecule has 3 aromatic rings. The number of nitrogens with zero attached hydrogens (tertiary/aromatic N) is 3. The lowest BCUT2D eigenvalue weighted by atomic mass is 10.0. The molecule has 2 aromatic carbocycles. The number of likely N-dealkylation sites (tertiary alicyclic amines) is 1. The lowest BCUT2D eigenvalue weighted by Gasteiger charge is -2.22. The van der Waals surface area contributed by atoms with Crippen molar-refractivity contribution in [2.24, 2.45) is 5.16 Å². The molecule has 4 rings (SSSR count). The summed E-state index contributed by atoms with van der Waals surface area (Å²) in [6.45, 7) is 0.389. The zero-order valence-corrected chi connectivity index (χ0v) is 14.3. The second kappa shape index (κ2) is 6.87. The lowest BCUT2D eigenvalue weighted by Crippen LogP contribution is -2.32. The number of amides is 1. The van der Waals surface area contributed by atoms with Gasteiger partial charge in [0.1, 0.15) is 13.2 Å². The molecular formula is C19H18N4O3. The Labute approximate surface area is 150 Å². The van der Waals surface area contributed by atoms with Gasteiger partial charge in [-0.1, -0.05) is 47.6 Å². The molecule has 0 saturated carbocycles. The fourth-order valence-corrected chi connectivity index (χ4v) is 3.18. The third-order valence-electron chi connectivity index (χ3n) is 4.47. The van der Waals surface area contributed by atoms with Crippen LogP contribution in [0.15, 0.2) is 64.3 Å². The number of carbonyl (C=O) groups is 1. The van der Waals surface area contributed by atoms with Crippen molar-refractivity contribution in [1.82, 2.24) is 15.3 Å². The Morgan fingerprint density at radius 2 is 1.88 bits per heavy atom. The second-order valence-electron chi connectivity index (χ2n) is 6.08. The first kappa shape index (κ1) is 16.1. The van der Waals surface area contributed by atoms with Gasteiger partial charge in [0.25, 0.3) is 11.8 Å².